The summed E-state index contributed by atoms with van der Waals surface area (Å²) in [4.78, 5) is 4.02. The van der Waals surface area contributed by atoms with E-state index in [0.717, 1.165) is 10.9 Å². The number of hydrazine groups is 1. The largest absolute Gasteiger partial charge is 0.308 e. The van der Waals surface area contributed by atoms with Gasteiger partial charge in [0.2, 0.25) is 0 Å². The number of halogens is 1. The predicted octanol–water partition coefficient (Wildman–Crippen LogP) is 1.97. The van der Waals surface area contributed by atoms with Crippen molar-refractivity contribution in [3.63, 3.8) is 0 Å². The second-order valence-corrected chi connectivity index (χ2v) is 3.09. The number of aromatic nitrogens is 1. The highest BCUT2D eigenvalue weighted by Crippen LogP contribution is 2.25. The number of hydrogen-bond donors (Lipinski definition) is 2. The van der Waals surface area contributed by atoms with Crippen molar-refractivity contribution in [2.45, 2.75) is 6.92 Å². The van der Waals surface area contributed by atoms with Crippen LogP contribution in [0, 0.1) is 12.7 Å². The normalized spacial score (nSPS) is 10.5. The van der Waals surface area contributed by atoms with E-state index in [0.29, 0.717) is 11.2 Å². The SMILES string of the molecule is Cc1ccc(F)c2ccnc(NN)c12. The van der Waals surface area contributed by atoms with Crippen molar-refractivity contribution in [2.24, 2.45) is 5.84 Å². The van der Waals surface area contributed by atoms with Crippen molar-refractivity contribution < 1.29 is 4.39 Å². The fourth-order valence-electron chi connectivity index (χ4n) is 1.54. The van der Waals surface area contributed by atoms with E-state index in [1.165, 1.54) is 12.3 Å². The van der Waals surface area contributed by atoms with E-state index in [-0.39, 0.29) is 5.82 Å². The van der Waals surface area contributed by atoms with Crippen LogP contribution in [-0.2, 0) is 0 Å². The molecule has 0 amide bonds. The van der Waals surface area contributed by atoms with Gasteiger partial charge in [-0.05, 0) is 24.6 Å². The predicted molar refractivity (Wildman–Crippen MR) is 54.2 cm³/mol. The highest BCUT2D eigenvalue weighted by molar-refractivity contribution is 5.94. The Morgan fingerprint density at radius 3 is 2.86 bits per heavy atom. The standard InChI is InChI=1S/C10H10FN3/c1-6-2-3-8(11)7-4-5-13-10(14-12)9(6)7/h2-5H,12H2,1H3,(H,13,14). The second kappa shape index (κ2) is 3.23. The van der Waals surface area contributed by atoms with Crippen LogP contribution in [0.3, 0.4) is 0 Å². The van der Waals surface area contributed by atoms with Crippen LogP contribution in [0.1, 0.15) is 5.56 Å². The molecule has 3 nitrogen and oxygen atoms in total. The van der Waals surface area contributed by atoms with Crippen molar-refractivity contribution in [1.29, 1.82) is 0 Å². The lowest BCUT2D eigenvalue weighted by Crippen LogP contribution is -2.09. The Morgan fingerprint density at radius 2 is 2.14 bits per heavy atom. The number of hydrogen-bond acceptors (Lipinski definition) is 3. The van der Waals surface area contributed by atoms with Crippen LogP contribution in [-0.4, -0.2) is 4.98 Å². The summed E-state index contributed by atoms with van der Waals surface area (Å²) in [5.41, 5.74) is 3.41. The number of nitrogens with one attached hydrogen (secondary N) is 1. The fraction of sp³-hybridized carbons (Fsp3) is 0.100. The van der Waals surface area contributed by atoms with Crippen LogP contribution in [0.2, 0.25) is 0 Å². The number of rotatable bonds is 1. The lowest BCUT2D eigenvalue weighted by Gasteiger charge is -2.07. The van der Waals surface area contributed by atoms with Gasteiger partial charge in [0, 0.05) is 17.0 Å². The van der Waals surface area contributed by atoms with E-state index in [1.807, 2.05) is 6.92 Å². The van der Waals surface area contributed by atoms with E-state index >= 15 is 0 Å². The van der Waals surface area contributed by atoms with Crippen molar-refractivity contribution >= 4 is 16.6 Å². The van der Waals surface area contributed by atoms with Crippen LogP contribution in [0.5, 0.6) is 0 Å². The number of pyridine rings is 1. The minimum atomic E-state index is -0.260. The fourth-order valence-corrected chi connectivity index (χ4v) is 1.54. The molecule has 0 aliphatic heterocycles. The molecule has 0 saturated carbocycles. The van der Waals surface area contributed by atoms with Crippen LogP contribution in [0.25, 0.3) is 10.8 Å². The summed E-state index contributed by atoms with van der Waals surface area (Å²) < 4.78 is 13.4. The summed E-state index contributed by atoms with van der Waals surface area (Å²) in [5, 5.41) is 1.27. The van der Waals surface area contributed by atoms with Crippen molar-refractivity contribution in [3.05, 3.63) is 35.8 Å². The molecule has 2 rings (SSSR count). The monoisotopic (exact) mass is 191 g/mol. The summed E-state index contributed by atoms with van der Waals surface area (Å²) in [5.74, 6) is 5.54. The van der Waals surface area contributed by atoms with Crippen LogP contribution in [0.15, 0.2) is 24.4 Å². The third-order valence-corrected chi connectivity index (χ3v) is 2.22. The maximum Gasteiger partial charge on any atom is 0.148 e. The minimum absolute atomic E-state index is 0.260. The summed E-state index contributed by atoms with van der Waals surface area (Å²) >= 11 is 0. The first kappa shape index (κ1) is 8.90. The van der Waals surface area contributed by atoms with Gasteiger partial charge in [0.25, 0.3) is 0 Å². The second-order valence-electron chi connectivity index (χ2n) is 3.09. The third kappa shape index (κ3) is 1.20. The highest BCUT2D eigenvalue weighted by Gasteiger charge is 2.07. The molecule has 0 spiro atoms. The van der Waals surface area contributed by atoms with E-state index in [1.54, 1.807) is 12.1 Å². The van der Waals surface area contributed by atoms with Gasteiger partial charge in [0.05, 0.1) is 0 Å². The van der Waals surface area contributed by atoms with Crippen molar-refractivity contribution in [3.8, 4) is 0 Å². The number of nitrogen functional groups attached to an aromatic ring is 1. The number of nitrogens with two attached hydrogens (primary N) is 1. The van der Waals surface area contributed by atoms with Crippen LogP contribution >= 0.6 is 0 Å². The molecule has 0 saturated heterocycles. The first-order valence-corrected chi connectivity index (χ1v) is 4.24. The summed E-state index contributed by atoms with van der Waals surface area (Å²) in [6, 6.07) is 4.79. The van der Waals surface area contributed by atoms with Gasteiger partial charge < -0.3 is 5.43 Å². The van der Waals surface area contributed by atoms with Gasteiger partial charge in [-0.2, -0.15) is 0 Å². The molecule has 1 heterocycles. The Balaban J connectivity index is 2.92. The molecule has 72 valence electrons. The van der Waals surface area contributed by atoms with E-state index in [9.17, 15) is 4.39 Å². The zero-order chi connectivity index (χ0) is 10.1. The number of anilines is 1. The van der Waals surface area contributed by atoms with Gasteiger partial charge in [-0.25, -0.2) is 15.2 Å². The van der Waals surface area contributed by atoms with Crippen molar-refractivity contribution in [2.75, 3.05) is 5.43 Å². The lowest BCUT2D eigenvalue weighted by atomic mass is 10.1. The molecular formula is C10H10FN3. The zero-order valence-corrected chi connectivity index (χ0v) is 7.71. The molecule has 2 aromatic rings. The molecule has 3 N–H and O–H groups in total. The van der Waals surface area contributed by atoms with E-state index in [4.69, 9.17) is 5.84 Å². The smallest absolute Gasteiger partial charge is 0.148 e. The Labute approximate surface area is 80.7 Å². The Hall–Kier alpha value is -1.68. The first-order valence-electron chi connectivity index (χ1n) is 4.24. The molecule has 4 heteroatoms. The summed E-state index contributed by atoms with van der Waals surface area (Å²) in [6.07, 6.45) is 1.53. The maximum absolute atomic E-state index is 13.4. The number of aryl methyl sites for hydroxylation is 1. The van der Waals surface area contributed by atoms with Crippen LogP contribution < -0.4 is 11.3 Å². The molecule has 1 aromatic heterocycles. The molecule has 14 heavy (non-hydrogen) atoms. The van der Waals surface area contributed by atoms with Gasteiger partial charge in [-0.1, -0.05) is 6.07 Å². The number of fused-ring (bicyclic) bond motifs is 1. The molecular weight excluding hydrogens is 181 g/mol. The average Bonchev–Trinajstić information content (AvgIpc) is 2.23. The Bertz CT molecular complexity index is 482. The molecule has 0 bridgehead atoms. The quantitative estimate of drug-likeness (QED) is 0.535. The highest BCUT2D eigenvalue weighted by atomic mass is 19.1. The zero-order valence-electron chi connectivity index (χ0n) is 7.71. The summed E-state index contributed by atoms with van der Waals surface area (Å²) in [6.45, 7) is 1.89. The van der Waals surface area contributed by atoms with Gasteiger partial charge in [-0.15, -0.1) is 0 Å². The maximum atomic E-state index is 13.4. The molecule has 0 aliphatic carbocycles. The molecule has 0 radical (unpaired) electrons. The van der Waals surface area contributed by atoms with E-state index < -0.39 is 0 Å². The van der Waals surface area contributed by atoms with Gasteiger partial charge in [0.1, 0.15) is 11.6 Å². The topological polar surface area (TPSA) is 50.9 Å². The van der Waals surface area contributed by atoms with Gasteiger partial charge >= 0.3 is 0 Å². The van der Waals surface area contributed by atoms with E-state index in [2.05, 4.69) is 10.4 Å². The molecule has 0 atom stereocenters. The lowest BCUT2D eigenvalue weighted by molar-refractivity contribution is 0.639. The average molecular weight is 191 g/mol. The molecule has 1 aromatic carbocycles. The summed E-state index contributed by atoms with van der Waals surface area (Å²) in [7, 11) is 0. The Morgan fingerprint density at radius 1 is 1.36 bits per heavy atom. The molecule has 0 aliphatic rings. The Kier molecular flexibility index (Phi) is 2.05. The number of benzene rings is 1. The third-order valence-electron chi connectivity index (χ3n) is 2.22. The van der Waals surface area contributed by atoms with Gasteiger partial charge in [-0.3, -0.25) is 0 Å². The minimum Gasteiger partial charge on any atom is -0.308 e. The van der Waals surface area contributed by atoms with Crippen LogP contribution in [0.4, 0.5) is 10.2 Å². The van der Waals surface area contributed by atoms with Crippen molar-refractivity contribution in [1.82, 2.24) is 4.98 Å². The first-order chi connectivity index (χ1) is 6.74. The number of nitrogens with zero attached hydrogens (tertiary/aromatic N) is 1. The molecule has 0 fully saturated rings. The van der Waals surface area contributed by atoms with Gasteiger partial charge in [0.15, 0.2) is 0 Å². The molecule has 0 unspecified atom stereocenters.